The highest BCUT2D eigenvalue weighted by Gasteiger charge is 2.15. The summed E-state index contributed by atoms with van der Waals surface area (Å²) in [5.74, 6) is -0.590. The van der Waals surface area contributed by atoms with E-state index in [0.717, 1.165) is 16.6 Å². The first-order valence-electron chi connectivity index (χ1n) is 7.36. The lowest BCUT2D eigenvalue weighted by atomic mass is 10.1. The number of halogens is 2. The monoisotopic (exact) mass is 385 g/mol. The normalized spacial score (nSPS) is 10.7. The summed E-state index contributed by atoms with van der Waals surface area (Å²) in [4.78, 5) is 26.7. The molecule has 0 unspecified atom stereocenters. The molecule has 1 aromatic heterocycles. The summed E-state index contributed by atoms with van der Waals surface area (Å²) in [5, 5.41) is 0. The van der Waals surface area contributed by atoms with Gasteiger partial charge in [-0.15, -0.1) is 23.1 Å². The van der Waals surface area contributed by atoms with Gasteiger partial charge in [0.25, 0.3) is 0 Å². The molecule has 0 saturated carbocycles. The number of nitrogens with zero attached hydrogens (tertiary/aromatic N) is 1. The molecule has 0 radical (unpaired) electrons. The first-order valence-corrected chi connectivity index (χ1v) is 9.54. The smallest absolute Gasteiger partial charge is 0.233 e. The van der Waals surface area contributed by atoms with Crippen LogP contribution in [0.2, 0.25) is 4.34 Å². The zero-order valence-corrected chi connectivity index (χ0v) is 15.7. The molecule has 0 aliphatic carbocycles. The fraction of sp³-hybridized carbons (Fsp3) is 0.294. The van der Waals surface area contributed by atoms with Gasteiger partial charge < -0.3 is 4.90 Å². The third kappa shape index (κ3) is 5.06. The molecule has 0 spiro atoms. The number of hydrogen-bond donors (Lipinski definition) is 0. The van der Waals surface area contributed by atoms with Crippen molar-refractivity contribution >= 4 is 46.4 Å². The Bertz CT molecular complexity index is 748. The van der Waals surface area contributed by atoms with E-state index < -0.39 is 5.82 Å². The van der Waals surface area contributed by atoms with Gasteiger partial charge in [0.1, 0.15) is 5.82 Å². The van der Waals surface area contributed by atoms with Gasteiger partial charge >= 0.3 is 0 Å². The average molecular weight is 386 g/mol. The molecule has 1 amide bonds. The van der Waals surface area contributed by atoms with Gasteiger partial charge in [0.05, 0.1) is 16.6 Å². The van der Waals surface area contributed by atoms with Crippen molar-refractivity contribution < 1.29 is 14.0 Å². The Kier molecular flexibility index (Phi) is 6.83. The highest BCUT2D eigenvalue weighted by molar-refractivity contribution is 8.00. The van der Waals surface area contributed by atoms with E-state index in [1.54, 1.807) is 23.1 Å². The molecule has 2 aromatic rings. The summed E-state index contributed by atoms with van der Waals surface area (Å²) >= 11 is 8.48. The fourth-order valence-electron chi connectivity index (χ4n) is 2.07. The summed E-state index contributed by atoms with van der Waals surface area (Å²) < 4.78 is 14.7. The predicted molar refractivity (Wildman–Crippen MR) is 97.5 cm³/mol. The molecular weight excluding hydrogens is 369 g/mol. The summed E-state index contributed by atoms with van der Waals surface area (Å²) in [5.41, 5.74) is 0.327. The van der Waals surface area contributed by atoms with E-state index in [0.29, 0.717) is 27.9 Å². The lowest BCUT2D eigenvalue weighted by molar-refractivity contribution is -0.128. The van der Waals surface area contributed by atoms with E-state index >= 15 is 0 Å². The van der Waals surface area contributed by atoms with Gasteiger partial charge in [-0.05, 0) is 38.1 Å². The first kappa shape index (κ1) is 19.0. The van der Waals surface area contributed by atoms with Crippen molar-refractivity contribution in [2.75, 3.05) is 12.3 Å². The molecule has 128 valence electrons. The maximum absolute atomic E-state index is 14.0. The van der Waals surface area contributed by atoms with Crippen LogP contribution in [0.5, 0.6) is 0 Å². The second kappa shape index (κ2) is 8.65. The first-order chi connectivity index (χ1) is 11.4. The van der Waals surface area contributed by atoms with Crippen LogP contribution in [0.25, 0.3) is 0 Å². The number of rotatable bonds is 7. The maximum atomic E-state index is 14.0. The molecule has 7 heteroatoms. The SMILES string of the molecule is CCN(Cc1ccc(Cl)s1)C(=O)CSc1ccc(C(C)=O)cc1F. The Labute approximate surface area is 153 Å². The van der Waals surface area contributed by atoms with Gasteiger partial charge in [0.15, 0.2) is 5.78 Å². The number of thiophene rings is 1. The van der Waals surface area contributed by atoms with Gasteiger partial charge in [-0.3, -0.25) is 9.59 Å². The highest BCUT2D eigenvalue weighted by Crippen LogP contribution is 2.25. The lowest BCUT2D eigenvalue weighted by Crippen LogP contribution is -2.31. The minimum Gasteiger partial charge on any atom is -0.337 e. The number of benzene rings is 1. The van der Waals surface area contributed by atoms with E-state index in [2.05, 4.69) is 0 Å². The van der Waals surface area contributed by atoms with Gasteiger partial charge in [0.2, 0.25) is 5.91 Å². The molecule has 0 saturated heterocycles. The highest BCUT2D eigenvalue weighted by atomic mass is 35.5. The number of carbonyl (C=O) groups excluding carboxylic acids is 2. The Balaban J connectivity index is 1.97. The molecule has 3 nitrogen and oxygen atoms in total. The number of carbonyl (C=O) groups is 2. The zero-order chi connectivity index (χ0) is 17.7. The van der Waals surface area contributed by atoms with E-state index in [-0.39, 0.29) is 17.4 Å². The molecule has 0 fully saturated rings. The second-order valence-electron chi connectivity index (χ2n) is 5.10. The topological polar surface area (TPSA) is 37.4 Å². The Hall–Kier alpha value is -1.37. The van der Waals surface area contributed by atoms with E-state index in [9.17, 15) is 14.0 Å². The van der Waals surface area contributed by atoms with E-state index in [4.69, 9.17) is 11.6 Å². The van der Waals surface area contributed by atoms with Gasteiger partial charge in [-0.1, -0.05) is 17.7 Å². The number of ketones is 1. The van der Waals surface area contributed by atoms with Crippen molar-refractivity contribution in [1.82, 2.24) is 4.90 Å². The zero-order valence-electron chi connectivity index (χ0n) is 13.3. The van der Waals surface area contributed by atoms with Crippen molar-refractivity contribution in [1.29, 1.82) is 0 Å². The van der Waals surface area contributed by atoms with Crippen molar-refractivity contribution in [3.05, 3.63) is 50.9 Å². The number of thioether (sulfide) groups is 1. The second-order valence-corrected chi connectivity index (χ2v) is 7.92. The number of hydrogen-bond acceptors (Lipinski definition) is 4. The third-order valence-corrected chi connectivity index (χ3v) is 5.65. The molecular formula is C17H17ClFNO2S2. The average Bonchev–Trinajstić information content (AvgIpc) is 2.96. The Morgan fingerprint density at radius 1 is 1.29 bits per heavy atom. The molecule has 2 rings (SSSR count). The van der Waals surface area contributed by atoms with Crippen LogP contribution < -0.4 is 0 Å². The van der Waals surface area contributed by atoms with Gasteiger partial charge in [-0.25, -0.2) is 4.39 Å². The van der Waals surface area contributed by atoms with E-state index in [1.165, 1.54) is 24.3 Å². The standard InChI is InChI=1S/C17H17ClFNO2S2/c1-3-20(9-13-5-7-16(18)24-13)17(22)10-23-15-6-4-12(11(2)21)8-14(15)19/h4-8H,3,9-10H2,1-2H3. The Morgan fingerprint density at radius 2 is 2.04 bits per heavy atom. The largest absolute Gasteiger partial charge is 0.337 e. The maximum Gasteiger partial charge on any atom is 0.233 e. The van der Waals surface area contributed by atoms with Crippen LogP contribution in [0, 0.1) is 5.82 Å². The van der Waals surface area contributed by atoms with Crippen LogP contribution in [0.3, 0.4) is 0 Å². The van der Waals surface area contributed by atoms with Crippen LogP contribution >= 0.6 is 34.7 Å². The van der Waals surface area contributed by atoms with Crippen molar-refractivity contribution in [2.45, 2.75) is 25.3 Å². The minimum atomic E-state index is -0.478. The van der Waals surface area contributed by atoms with Crippen molar-refractivity contribution in [3.8, 4) is 0 Å². The molecule has 1 aromatic carbocycles. The molecule has 1 heterocycles. The minimum absolute atomic E-state index is 0.0675. The summed E-state index contributed by atoms with van der Waals surface area (Å²) in [6, 6.07) is 8.03. The molecule has 0 aliphatic heterocycles. The van der Waals surface area contributed by atoms with Crippen LogP contribution in [0.15, 0.2) is 35.2 Å². The summed E-state index contributed by atoms with van der Waals surface area (Å²) in [6.45, 7) is 4.36. The van der Waals surface area contributed by atoms with E-state index in [1.807, 2.05) is 13.0 Å². The lowest BCUT2D eigenvalue weighted by Gasteiger charge is -2.20. The molecule has 0 N–H and O–H groups in total. The van der Waals surface area contributed by atoms with Crippen LogP contribution in [-0.2, 0) is 11.3 Å². The summed E-state index contributed by atoms with van der Waals surface area (Å²) in [6.07, 6.45) is 0. The van der Waals surface area contributed by atoms with Gasteiger partial charge in [0, 0.05) is 21.9 Å². The quantitative estimate of drug-likeness (QED) is 0.503. The molecule has 0 atom stereocenters. The number of amides is 1. The van der Waals surface area contributed by atoms with Crippen molar-refractivity contribution in [2.24, 2.45) is 0 Å². The number of Topliss-reactive ketones (excluding diaryl/α,β-unsaturated/α-hetero) is 1. The predicted octanol–water partition coefficient (Wildman–Crippen LogP) is 4.88. The molecule has 0 aliphatic rings. The van der Waals surface area contributed by atoms with Gasteiger partial charge in [-0.2, -0.15) is 0 Å². The van der Waals surface area contributed by atoms with Crippen LogP contribution in [0.1, 0.15) is 29.1 Å². The van der Waals surface area contributed by atoms with Crippen LogP contribution in [0.4, 0.5) is 4.39 Å². The van der Waals surface area contributed by atoms with Crippen LogP contribution in [-0.4, -0.2) is 28.9 Å². The summed E-state index contributed by atoms with van der Waals surface area (Å²) in [7, 11) is 0. The third-order valence-electron chi connectivity index (χ3n) is 3.40. The fourth-order valence-corrected chi connectivity index (χ4v) is 3.99. The molecule has 24 heavy (non-hydrogen) atoms. The molecule has 0 bridgehead atoms. The van der Waals surface area contributed by atoms with Crippen molar-refractivity contribution in [3.63, 3.8) is 0 Å². The Morgan fingerprint density at radius 3 is 2.58 bits per heavy atom.